The highest BCUT2D eigenvalue weighted by Crippen LogP contribution is 1.98. The number of primary amides is 1. The zero-order chi connectivity index (χ0) is 12.7. The van der Waals surface area contributed by atoms with Crippen LogP contribution >= 0.6 is 0 Å². The second-order valence-electron chi connectivity index (χ2n) is 3.41. The Morgan fingerprint density at radius 3 is 2.31 bits per heavy atom. The maximum atomic E-state index is 11.3. The van der Waals surface area contributed by atoms with Crippen molar-refractivity contribution in [2.45, 2.75) is 38.3 Å². The molecule has 7 heteroatoms. The van der Waals surface area contributed by atoms with Gasteiger partial charge in [0, 0.05) is 6.42 Å². The minimum absolute atomic E-state index is 0.0349. The topological polar surface area (TPSA) is 136 Å². The van der Waals surface area contributed by atoms with E-state index in [0.717, 1.165) is 0 Å². The Hall–Kier alpha value is -1.63. The van der Waals surface area contributed by atoms with Gasteiger partial charge in [0.15, 0.2) is 0 Å². The van der Waals surface area contributed by atoms with Crippen LogP contribution in [0.25, 0.3) is 0 Å². The Bertz CT molecular complexity index is 280. The van der Waals surface area contributed by atoms with E-state index in [2.05, 4.69) is 5.32 Å². The number of aliphatic carboxylic acids is 1. The molecule has 0 bridgehead atoms. The smallest absolute Gasteiger partial charge is 0.303 e. The third-order valence-corrected chi connectivity index (χ3v) is 2.08. The van der Waals surface area contributed by atoms with Crippen molar-refractivity contribution in [2.75, 3.05) is 0 Å². The molecule has 1 unspecified atom stereocenters. The number of carbonyl (C=O) groups is 3. The second-order valence-corrected chi connectivity index (χ2v) is 3.41. The fourth-order valence-electron chi connectivity index (χ4n) is 1.02. The van der Waals surface area contributed by atoms with Gasteiger partial charge in [0.05, 0.1) is 6.04 Å². The number of rotatable bonds is 7. The molecule has 7 nitrogen and oxygen atoms in total. The molecule has 92 valence electrons. The first-order valence-electron chi connectivity index (χ1n) is 4.95. The maximum absolute atomic E-state index is 11.3. The predicted molar refractivity (Wildman–Crippen MR) is 56.3 cm³/mol. The largest absolute Gasteiger partial charge is 0.481 e. The van der Waals surface area contributed by atoms with Crippen molar-refractivity contribution in [3.05, 3.63) is 0 Å². The van der Waals surface area contributed by atoms with Crippen LogP contribution < -0.4 is 16.8 Å². The van der Waals surface area contributed by atoms with Gasteiger partial charge in [-0.3, -0.25) is 14.4 Å². The number of carboxylic acids is 1. The third kappa shape index (κ3) is 5.30. The summed E-state index contributed by atoms with van der Waals surface area (Å²) in [6.07, 6.45) is 0.151. The highest BCUT2D eigenvalue weighted by atomic mass is 16.4. The monoisotopic (exact) mass is 231 g/mol. The van der Waals surface area contributed by atoms with E-state index in [4.69, 9.17) is 16.6 Å². The Labute approximate surface area is 93.2 Å². The Morgan fingerprint density at radius 2 is 1.94 bits per heavy atom. The molecule has 16 heavy (non-hydrogen) atoms. The first-order chi connectivity index (χ1) is 7.38. The summed E-state index contributed by atoms with van der Waals surface area (Å²) < 4.78 is 0. The van der Waals surface area contributed by atoms with Crippen molar-refractivity contribution in [1.29, 1.82) is 0 Å². The molecule has 0 aromatic carbocycles. The summed E-state index contributed by atoms with van der Waals surface area (Å²) in [6.45, 7) is 1.72. The molecule has 0 rings (SSSR count). The van der Waals surface area contributed by atoms with E-state index in [-0.39, 0.29) is 12.8 Å². The summed E-state index contributed by atoms with van der Waals surface area (Å²) in [5.74, 6) is -2.32. The van der Waals surface area contributed by atoms with E-state index < -0.39 is 29.9 Å². The molecule has 0 heterocycles. The van der Waals surface area contributed by atoms with Crippen LogP contribution in [0.5, 0.6) is 0 Å². The number of amides is 2. The van der Waals surface area contributed by atoms with Gasteiger partial charge in [-0.15, -0.1) is 0 Å². The predicted octanol–water partition coefficient (Wildman–Crippen LogP) is -1.44. The molecule has 0 saturated heterocycles. The lowest BCUT2D eigenvalue weighted by Gasteiger charge is -2.16. The standard InChI is InChI=1S/C9H17N3O4/c1-2-5(10)9(16)12-6(8(11)15)3-4-7(13)14/h5-6H,2-4,10H2,1H3,(H2,11,15)(H,12,16)(H,13,14)/t5-,6?/m0/s1. The second kappa shape index (κ2) is 6.78. The number of hydrogen-bond acceptors (Lipinski definition) is 4. The lowest BCUT2D eigenvalue weighted by atomic mass is 10.1. The van der Waals surface area contributed by atoms with Crippen LogP contribution in [0, 0.1) is 0 Å². The van der Waals surface area contributed by atoms with Gasteiger partial charge in [0.2, 0.25) is 11.8 Å². The van der Waals surface area contributed by atoms with Gasteiger partial charge in [0.1, 0.15) is 6.04 Å². The molecule has 0 aliphatic carbocycles. The Morgan fingerprint density at radius 1 is 1.38 bits per heavy atom. The van der Waals surface area contributed by atoms with Crippen LogP contribution in [-0.4, -0.2) is 35.0 Å². The molecule has 2 atom stereocenters. The van der Waals surface area contributed by atoms with Crippen molar-refractivity contribution >= 4 is 17.8 Å². The lowest BCUT2D eigenvalue weighted by molar-refractivity contribution is -0.137. The molecule has 0 saturated carbocycles. The molecular weight excluding hydrogens is 214 g/mol. The molecule has 2 amide bonds. The van der Waals surface area contributed by atoms with Gasteiger partial charge in [-0.25, -0.2) is 0 Å². The minimum Gasteiger partial charge on any atom is -0.481 e. The Balaban J connectivity index is 4.28. The van der Waals surface area contributed by atoms with Crippen molar-refractivity contribution in [3.8, 4) is 0 Å². The molecule has 0 fully saturated rings. The first-order valence-corrected chi connectivity index (χ1v) is 4.95. The zero-order valence-corrected chi connectivity index (χ0v) is 9.10. The summed E-state index contributed by atoms with van der Waals surface area (Å²) >= 11 is 0. The van der Waals surface area contributed by atoms with Crippen LogP contribution in [0.3, 0.4) is 0 Å². The molecule has 0 spiro atoms. The number of nitrogens with one attached hydrogen (secondary N) is 1. The summed E-state index contributed by atoms with van der Waals surface area (Å²) in [4.78, 5) is 32.6. The third-order valence-electron chi connectivity index (χ3n) is 2.08. The normalized spacial score (nSPS) is 13.9. The van der Waals surface area contributed by atoms with Gasteiger partial charge in [-0.05, 0) is 12.8 Å². The van der Waals surface area contributed by atoms with Crippen LogP contribution in [0.1, 0.15) is 26.2 Å². The highest BCUT2D eigenvalue weighted by molar-refractivity contribution is 5.89. The molecule has 0 aromatic rings. The number of nitrogens with two attached hydrogens (primary N) is 2. The highest BCUT2D eigenvalue weighted by Gasteiger charge is 2.21. The van der Waals surface area contributed by atoms with Crippen LogP contribution in [0.4, 0.5) is 0 Å². The molecule has 0 aliphatic rings. The minimum atomic E-state index is -1.06. The molecule has 6 N–H and O–H groups in total. The van der Waals surface area contributed by atoms with Gasteiger partial charge in [-0.2, -0.15) is 0 Å². The number of carboxylic acid groups (broad SMARTS) is 1. The lowest BCUT2D eigenvalue weighted by Crippen LogP contribution is -2.50. The molecular formula is C9H17N3O4. The van der Waals surface area contributed by atoms with Crippen molar-refractivity contribution in [2.24, 2.45) is 11.5 Å². The summed E-state index contributed by atoms with van der Waals surface area (Å²) in [6, 6.07) is -1.70. The van der Waals surface area contributed by atoms with E-state index in [1.165, 1.54) is 0 Å². The average Bonchev–Trinajstić information content (AvgIpc) is 2.21. The number of hydrogen-bond donors (Lipinski definition) is 4. The van der Waals surface area contributed by atoms with E-state index in [9.17, 15) is 14.4 Å². The van der Waals surface area contributed by atoms with E-state index >= 15 is 0 Å². The quantitative estimate of drug-likeness (QED) is 0.425. The van der Waals surface area contributed by atoms with Crippen LogP contribution in [0.15, 0.2) is 0 Å². The van der Waals surface area contributed by atoms with Gasteiger partial charge in [-0.1, -0.05) is 6.92 Å². The maximum Gasteiger partial charge on any atom is 0.303 e. The summed E-state index contributed by atoms with van der Waals surface area (Å²) in [5, 5.41) is 10.8. The van der Waals surface area contributed by atoms with E-state index in [1.807, 2.05) is 0 Å². The first kappa shape index (κ1) is 14.4. The fourth-order valence-corrected chi connectivity index (χ4v) is 1.02. The van der Waals surface area contributed by atoms with Crippen molar-refractivity contribution in [1.82, 2.24) is 5.32 Å². The molecule has 0 radical (unpaired) electrons. The van der Waals surface area contributed by atoms with E-state index in [0.29, 0.717) is 6.42 Å². The van der Waals surface area contributed by atoms with Crippen molar-refractivity contribution in [3.63, 3.8) is 0 Å². The zero-order valence-electron chi connectivity index (χ0n) is 9.10. The van der Waals surface area contributed by atoms with E-state index in [1.54, 1.807) is 6.92 Å². The van der Waals surface area contributed by atoms with Crippen LogP contribution in [-0.2, 0) is 14.4 Å². The van der Waals surface area contributed by atoms with Gasteiger partial charge >= 0.3 is 5.97 Å². The average molecular weight is 231 g/mol. The Kier molecular flexibility index (Phi) is 6.09. The number of carbonyl (C=O) groups excluding carboxylic acids is 2. The summed E-state index contributed by atoms with van der Waals surface area (Å²) in [7, 11) is 0. The van der Waals surface area contributed by atoms with Crippen molar-refractivity contribution < 1.29 is 19.5 Å². The molecule has 0 aromatic heterocycles. The van der Waals surface area contributed by atoms with Gasteiger partial charge < -0.3 is 21.9 Å². The summed E-state index contributed by atoms with van der Waals surface area (Å²) in [5.41, 5.74) is 10.5. The SMILES string of the molecule is CC[C@H](N)C(=O)NC(CCC(=O)O)C(N)=O. The molecule has 0 aliphatic heterocycles. The van der Waals surface area contributed by atoms with Crippen LogP contribution in [0.2, 0.25) is 0 Å². The van der Waals surface area contributed by atoms with Gasteiger partial charge in [0.25, 0.3) is 0 Å². The fraction of sp³-hybridized carbons (Fsp3) is 0.667.